The first-order valence-electron chi connectivity index (χ1n) is 18.6. The lowest BCUT2D eigenvalue weighted by Crippen LogP contribution is -2.18. The van der Waals surface area contributed by atoms with Crippen LogP contribution >= 0.6 is 0 Å². The maximum Gasteiger partial charge on any atom is 0.143 e. The van der Waals surface area contributed by atoms with Crippen LogP contribution < -0.4 is 4.90 Å². The summed E-state index contributed by atoms with van der Waals surface area (Å²) in [5.41, 5.74) is 10.8. The second-order valence-electron chi connectivity index (χ2n) is 14.1. The number of allylic oxidation sites excluding steroid dienone is 3. The average molecular weight is 692 g/mol. The molecule has 0 spiro atoms. The van der Waals surface area contributed by atoms with Gasteiger partial charge in [-0.15, -0.1) is 0 Å². The zero-order chi connectivity index (χ0) is 36.2. The first kappa shape index (κ1) is 31.8. The Hall–Kier alpha value is -6.90. The lowest BCUT2D eigenvalue weighted by Gasteiger charge is -2.32. The predicted molar refractivity (Wildman–Crippen MR) is 231 cm³/mol. The molecule has 1 aliphatic carbocycles. The van der Waals surface area contributed by atoms with E-state index in [1.807, 2.05) is 12.2 Å². The van der Waals surface area contributed by atoms with Gasteiger partial charge in [-0.3, -0.25) is 0 Å². The van der Waals surface area contributed by atoms with Crippen LogP contribution in [0.2, 0.25) is 0 Å². The van der Waals surface area contributed by atoms with Gasteiger partial charge < -0.3 is 9.32 Å². The number of para-hydroxylation sites is 2. The highest BCUT2D eigenvalue weighted by Gasteiger charge is 2.24. The summed E-state index contributed by atoms with van der Waals surface area (Å²) in [4.78, 5) is 2.45. The number of fused-ring (bicyclic) bond motifs is 7. The third-order valence-electron chi connectivity index (χ3n) is 11.1. The van der Waals surface area contributed by atoms with Crippen LogP contribution in [0.5, 0.6) is 0 Å². The first-order valence-corrected chi connectivity index (χ1v) is 18.6. The zero-order valence-electron chi connectivity index (χ0n) is 29.9. The van der Waals surface area contributed by atoms with Crippen molar-refractivity contribution in [3.8, 4) is 11.1 Å². The Balaban J connectivity index is 1.17. The van der Waals surface area contributed by atoms with Gasteiger partial charge in [-0.2, -0.15) is 0 Å². The van der Waals surface area contributed by atoms with E-state index in [9.17, 15) is 0 Å². The molecule has 1 atom stereocenters. The molecule has 0 N–H and O–H groups in total. The van der Waals surface area contributed by atoms with Crippen LogP contribution in [0.1, 0.15) is 29.0 Å². The number of furan rings is 1. The summed E-state index contributed by atoms with van der Waals surface area (Å²) in [6, 6.07) is 54.7. The molecule has 9 aromatic rings. The Kier molecular flexibility index (Phi) is 7.63. The van der Waals surface area contributed by atoms with Crippen LogP contribution in [-0.2, 0) is 0 Å². The normalized spacial score (nSPS) is 14.2. The van der Waals surface area contributed by atoms with E-state index < -0.39 is 0 Å². The van der Waals surface area contributed by atoms with Gasteiger partial charge in [0.2, 0.25) is 0 Å². The number of rotatable bonds is 7. The van der Waals surface area contributed by atoms with Crippen LogP contribution in [0.3, 0.4) is 0 Å². The summed E-state index contributed by atoms with van der Waals surface area (Å²) < 4.78 is 6.79. The topological polar surface area (TPSA) is 16.4 Å². The smallest absolute Gasteiger partial charge is 0.143 e. The standard InChI is InChI=1S/C52H37NO/c1-3-34-23-24-40(31-35(34)4-2)36-25-28-41(29-26-36)53(50-22-12-18-43-42-16-8-7-13-37(42)27-30-45(43)50)49-21-10-9-17-44(49)46-19-11-20-47-48-32-38-14-5-6-15-39(38)33-51(48)54-52(46)47/h3-25,27-33,36H,1-2,26H2. The third-order valence-corrected chi connectivity index (χ3v) is 11.1. The molecule has 0 saturated carbocycles. The Bertz CT molecular complexity index is 3030. The Labute approximate surface area is 314 Å². The van der Waals surface area contributed by atoms with Crippen molar-refractivity contribution >= 4 is 77.8 Å². The summed E-state index contributed by atoms with van der Waals surface area (Å²) in [7, 11) is 0. The van der Waals surface area contributed by atoms with Gasteiger partial charge in [0.15, 0.2) is 0 Å². The predicted octanol–water partition coefficient (Wildman–Crippen LogP) is 14.8. The molecular formula is C52H37NO. The zero-order valence-corrected chi connectivity index (χ0v) is 29.9. The van der Waals surface area contributed by atoms with Gasteiger partial charge in [-0.05, 0) is 80.4 Å². The van der Waals surface area contributed by atoms with Crippen LogP contribution in [0.25, 0.3) is 77.5 Å². The molecule has 2 heteroatoms. The minimum Gasteiger partial charge on any atom is -0.455 e. The Morgan fingerprint density at radius 2 is 1.24 bits per heavy atom. The van der Waals surface area contributed by atoms with Gasteiger partial charge in [0, 0.05) is 38.9 Å². The quantitative estimate of drug-likeness (QED) is 0.155. The van der Waals surface area contributed by atoms with Gasteiger partial charge in [0.1, 0.15) is 11.2 Å². The van der Waals surface area contributed by atoms with Crippen molar-refractivity contribution < 1.29 is 4.42 Å². The van der Waals surface area contributed by atoms with Crippen LogP contribution in [-0.4, -0.2) is 0 Å². The lowest BCUT2D eigenvalue weighted by molar-refractivity contribution is 0.670. The molecule has 0 fully saturated rings. The maximum absolute atomic E-state index is 6.79. The van der Waals surface area contributed by atoms with E-state index in [0.29, 0.717) is 0 Å². The van der Waals surface area contributed by atoms with Crippen molar-refractivity contribution in [3.05, 3.63) is 205 Å². The van der Waals surface area contributed by atoms with Gasteiger partial charge in [-0.25, -0.2) is 0 Å². The highest BCUT2D eigenvalue weighted by Crippen LogP contribution is 2.46. The fourth-order valence-corrected chi connectivity index (χ4v) is 8.43. The van der Waals surface area contributed by atoms with Crippen molar-refractivity contribution in [2.24, 2.45) is 0 Å². The van der Waals surface area contributed by atoms with E-state index in [1.54, 1.807) is 0 Å². The number of hydrogen-bond donors (Lipinski definition) is 0. The van der Waals surface area contributed by atoms with Crippen LogP contribution in [0, 0.1) is 0 Å². The molecule has 256 valence electrons. The van der Waals surface area contributed by atoms with Crippen LogP contribution in [0.15, 0.2) is 193 Å². The molecule has 0 radical (unpaired) electrons. The summed E-state index contributed by atoms with van der Waals surface area (Å²) in [6.45, 7) is 8.05. The molecule has 54 heavy (non-hydrogen) atoms. The molecule has 2 nitrogen and oxygen atoms in total. The number of nitrogens with zero attached hydrogens (tertiary/aromatic N) is 1. The van der Waals surface area contributed by atoms with E-state index in [1.165, 1.54) is 37.9 Å². The minimum absolute atomic E-state index is 0.250. The van der Waals surface area contributed by atoms with Gasteiger partial charge >= 0.3 is 0 Å². The van der Waals surface area contributed by atoms with Gasteiger partial charge in [0.25, 0.3) is 0 Å². The molecule has 8 aromatic carbocycles. The lowest BCUT2D eigenvalue weighted by atomic mass is 9.88. The first-order chi connectivity index (χ1) is 26.7. The molecule has 1 heterocycles. The monoisotopic (exact) mass is 691 g/mol. The minimum atomic E-state index is 0.250. The van der Waals surface area contributed by atoms with Crippen molar-refractivity contribution in [1.82, 2.24) is 0 Å². The second kappa shape index (κ2) is 12.9. The molecular weight excluding hydrogens is 655 g/mol. The molecule has 1 aliphatic rings. The summed E-state index contributed by atoms with van der Waals surface area (Å²) in [5.74, 6) is 0.250. The van der Waals surface area contributed by atoms with Crippen LogP contribution in [0.4, 0.5) is 11.4 Å². The summed E-state index contributed by atoms with van der Waals surface area (Å²) in [6.07, 6.45) is 11.7. The van der Waals surface area contributed by atoms with E-state index >= 15 is 0 Å². The van der Waals surface area contributed by atoms with E-state index in [2.05, 4.69) is 188 Å². The number of hydrogen-bond acceptors (Lipinski definition) is 2. The fraction of sp³-hybridized carbons (Fsp3) is 0.0385. The molecule has 10 rings (SSSR count). The van der Waals surface area contributed by atoms with E-state index in [0.717, 1.165) is 67.7 Å². The van der Waals surface area contributed by atoms with Crippen molar-refractivity contribution in [1.29, 1.82) is 0 Å². The largest absolute Gasteiger partial charge is 0.455 e. The molecule has 0 amide bonds. The molecule has 0 aliphatic heterocycles. The SMILES string of the molecule is C=Cc1ccc(C2C=CC(N(c3ccccc3-c3cccc4c3oc3cc5ccccc5cc34)c3cccc4c3ccc3ccccc34)=CC2)cc1C=C. The molecule has 1 unspecified atom stereocenters. The highest BCUT2D eigenvalue weighted by atomic mass is 16.3. The number of anilines is 2. The summed E-state index contributed by atoms with van der Waals surface area (Å²) in [5, 5.41) is 9.55. The third kappa shape index (κ3) is 5.18. The number of benzene rings is 8. The average Bonchev–Trinajstić information content (AvgIpc) is 3.60. The maximum atomic E-state index is 6.79. The molecule has 1 aromatic heterocycles. The second-order valence-corrected chi connectivity index (χ2v) is 14.1. The Morgan fingerprint density at radius 1 is 0.537 bits per heavy atom. The van der Waals surface area contributed by atoms with Crippen molar-refractivity contribution in [2.75, 3.05) is 4.90 Å². The van der Waals surface area contributed by atoms with Crippen molar-refractivity contribution in [3.63, 3.8) is 0 Å². The Morgan fingerprint density at radius 3 is 2.07 bits per heavy atom. The van der Waals surface area contributed by atoms with Gasteiger partial charge in [-0.1, -0.05) is 165 Å². The van der Waals surface area contributed by atoms with Crippen molar-refractivity contribution in [2.45, 2.75) is 12.3 Å². The van der Waals surface area contributed by atoms with E-state index in [-0.39, 0.29) is 5.92 Å². The van der Waals surface area contributed by atoms with Gasteiger partial charge in [0.05, 0.1) is 11.4 Å². The highest BCUT2D eigenvalue weighted by molar-refractivity contribution is 6.15. The molecule has 0 saturated heterocycles. The summed E-state index contributed by atoms with van der Waals surface area (Å²) >= 11 is 0. The fourth-order valence-electron chi connectivity index (χ4n) is 8.43. The molecule has 0 bridgehead atoms. The van der Waals surface area contributed by atoms with E-state index in [4.69, 9.17) is 4.42 Å².